The van der Waals surface area contributed by atoms with Crippen LogP contribution >= 0.6 is 19.8 Å². The van der Waals surface area contributed by atoms with Crippen LogP contribution in [-0.2, 0) is 0 Å². The van der Waals surface area contributed by atoms with Gasteiger partial charge in [-0.1, -0.05) is 0 Å². The monoisotopic (exact) mass is 298 g/mol. The Balaban J connectivity index is 3.47. The second-order valence-electron chi connectivity index (χ2n) is 3.69. The maximum absolute atomic E-state index is 2.33. The van der Waals surface area contributed by atoms with Crippen molar-refractivity contribution in [3.63, 3.8) is 0 Å². The Morgan fingerprint density at radius 1 is 0.615 bits per heavy atom. The van der Waals surface area contributed by atoms with Crippen LogP contribution in [-0.4, -0.2) is 13.3 Å². The summed E-state index contributed by atoms with van der Waals surface area (Å²) in [7, 11) is 0. The molecule has 0 nitrogen and oxygen atoms in total. The van der Waals surface area contributed by atoms with Crippen molar-refractivity contribution in [2.45, 2.75) is 59.3 Å². The van der Waals surface area contributed by atoms with Crippen molar-refractivity contribution in [3.05, 3.63) is 0 Å². The van der Waals surface area contributed by atoms with Crippen molar-refractivity contribution < 1.29 is 0 Å². The fourth-order valence-electron chi connectivity index (χ4n) is 1.25. The Labute approximate surface area is 92.3 Å². The summed E-state index contributed by atoms with van der Waals surface area (Å²) in [5.74, 6) is 0. The van der Waals surface area contributed by atoms with Crippen molar-refractivity contribution in [3.8, 4) is 0 Å². The summed E-state index contributed by atoms with van der Waals surface area (Å²) in [6.45, 7) is 6.98. The molecule has 82 valence electrons. The van der Waals surface area contributed by atoms with Crippen LogP contribution in [0.1, 0.15) is 59.3 Å². The summed E-state index contributed by atoms with van der Waals surface area (Å²) < 4.78 is 4.92. The van der Waals surface area contributed by atoms with E-state index in [4.69, 9.17) is 0 Å². The molecule has 0 spiro atoms. The third-order valence-electron chi connectivity index (χ3n) is 2.26. The van der Waals surface area contributed by atoms with E-state index in [0.29, 0.717) is 0 Å². The molecule has 0 amide bonds. The standard InChI is InChI=1S/C12H27I/c1-4-7-10-13(11-8-5-2)12-9-6-3/h4-12H2,1-3H3. The molecule has 0 N–H and O–H groups in total. The minimum atomic E-state index is -0.457. The molecule has 0 rings (SSSR count). The summed E-state index contributed by atoms with van der Waals surface area (Å²) in [5.41, 5.74) is 0. The van der Waals surface area contributed by atoms with Crippen molar-refractivity contribution in [2.24, 2.45) is 0 Å². The molecule has 13 heavy (non-hydrogen) atoms. The van der Waals surface area contributed by atoms with Gasteiger partial charge >= 0.3 is 92.4 Å². The Kier molecular flexibility index (Phi) is 11.4. The molecule has 0 fully saturated rings. The van der Waals surface area contributed by atoms with Gasteiger partial charge in [0, 0.05) is 0 Å². The molecular formula is C12H27I. The minimum absolute atomic E-state index is 0.457. The zero-order valence-electron chi connectivity index (χ0n) is 9.74. The molecule has 0 saturated heterocycles. The van der Waals surface area contributed by atoms with Crippen LogP contribution in [0.15, 0.2) is 0 Å². The predicted molar refractivity (Wildman–Crippen MR) is 73.3 cm³/mol. The van der Waals surface area contributed by atoms with Crippen LogP contribution in [0.4, 0.5) is 0 Å². The summed E-state index contributed by atoms with van der Waals surface area (Å²) in [4.78, 5) is 0. The molecular weight excluding hydrogens is 271 g/mol. The second-order valence-corrected chi connectivity index (χ2v) is 10.2. The van der Waals surface area contributed by atoms with Crippen LogP contribution < -0.4 is 0 Å². The summed E-state index contributed by atoms with van der Waals surface area (Å²) in [5, 5.41) is 0. The summed E-state index contributed by atoms with van der Waals surface area (Å²) >= 11 is -0.457. The van der Waals surface area contributed by atoms with Gasteiger partial charge in [0.15, 0.2) is 0 Å². The Hall–Kier alpha value is 0.730. The molecule has 0 radical (unpaired) electrons. The molecule has 0 aliphatic rings. The van der Waals surface area contributed by atoms with E-state index in [0.717, 1.165) is 0 Å². The van der Waals surface area contributed by atoms with Crippen LogP contribution in [0.25, 0.3) is 0 Å². The van der Waals surface area contributed by atoms with Gasteiger partial charge in [0.25, 0.3) is 0 Å². The summed E-state index contributed by atoms with van der Waals surface area (Å²) in [6.07, 6.45) is 8.76. The fourth-order valence-corrected chi connectivity index (χ4v) is 8.39. The van der Waals surface area contributed by atoms with Crippen molar-refractivity contribution in [1.29, 1.82) is 0 Å². The first-order valence-corrected chi connectivity index (χ1v) is 10.5. The van der Waals surface area contributed by atoms with Crippen LogP contribution in [0, 0.1) is 0 Å². The topological polar surface area (TPSA) is 0 Å². The number of halogens is 1. The van der Waals surface area contributed by atoms with Gasteiger partial charge in [0.2, 0.25) is 0 Å². The molecule has 0 bridgehead atoms. The van der Waals surface area contributed by atoms with Gasteiger partial charge < -0.3 is 0 Å². The Morgan fingerprint density at radius 3 is 1.15 bits per heavy atom. The molecule has 0 unspecified atom stereocenters. The molecule has 0 aliphatic heterocycles. The molecule has 0 aromatic carbocycles. The third-order valence-corrected chi connectivity index (χ3v) is 9.13. The van der Waals surface area contributed by atoms with E-state index in [9.17, 15) is 0 Å². The van der Waals surface area contributed by atoms with Gasteiger partial charge in [-0.15, -0.1) is 0 Å². The van der Waals surface area contributed by atoms with E-state index < -0.39 is 19.8 Å². The number of unbranched alkanes of at least 4 members (excludes halogenated alkanes) is 3. The molecule has 0 aromatic heterocycles. The quantitative estimate of drug-likeness (QED) is 0.420. The maximum atomic E-state index is 2.33. The van der Waals surface area contributed by atoms with Gasteiger partial charge in [0.05, 0.1) is 0 Å². The average Bonchev–Trinajstić information content (AvgIpc) is 2.17. The van der Waals surface area contributed by atoms with E-state index in [1.54, 1.807) is 13.3 Å². The number of hydrogen-bond acceptors (Lipinski definition) is 0. The van der Waals surface area contributed by atoms with Gasteiger partial charge in [-0.25, -0.2) is 0 Å². The number of hydrogen-bond donors (Lipinski definition) is 0. The first-order chi connectivity index (χ1) is 6.35. The van der Waals surface area contributed by atoms with Gasteiger partial charge in [0.1, 0.15) is 0 Å². The SMILES string of the molecule is CCCCI(CCCC)CCCC. The van der Waals surface area contributed by atoms with Crippen LogP contribution in [0.3, 0.4) is 0 Å². The first kappa shape index (κ1) is 13.7. The first-order valence-electron chi connectivity index (χ1n) is 5.92. The molecule has 0 atom stereocenters. The number of alkyl halides is 3. The van der Waals surface area contributed by atoms with Crippen molar-refractivity contribution in [2.75, 3.05) is 13.3 Å². The van der Waals surface area contributed by atoms with Crippen molar-refractivity contribution in [1.82, 2.24) is 0 Å². The van der Waals surface area contributed by atoms with Crippen LogP contribution in [0.2, 0.25) is 0 Å². The van der Waals surface area contributed by atoms with E-state index in [-0.39, 0.29) is 0 Å². The zero-order chi connectivity index (χ0) is 9.94. The molecule has 0 aromatic rings. The van der Waals surface area contributed by atoms with E-state index in [2.05, 4.69) is 20.8 Å². The Morgan fingerprint density at radius 2 is 0.923 bits per heavy atom. The van der Waals surface area contributed by atoms with E-state index >= 15 is 0 Å². The molecule has 0 saturated carbocycles. The predicted octanol–water partition coefficient (Wildman–Crippen LogP) is 4.89. The van der Waals surface area contributed by atoms with Crippen LogP contribution in [0.5, 0.6) is 0 Å². The normalized spacial score (nSPS) is 11.8. The van der Waals surface area contributed by atoms with Crippen molar-refractivity contribution >= 4 is 19.8 Å². The zero-order valence-corrected chi connectivity index (χ0v) is 11.9. The summed E-state index contributed by atoms with van der Waals surface area (Å²) in [6, 6.07) is 0. The van der Waals surface area contributed by atoms with Gasteiger partial charge in [-0.2, -0.15) is 0 Å². The van der Waals surface area contributed by atoms with E-state index in [1.807, 2.05) is 0 Å². The second kappa shape index (κ2) is 10.8. The average molecular weight is 298 g/mol. The number of rotatable bonds is 9. The van der Waals surface area contributed by atoms with Gasteiger partial charge in [-0.05, 0) is 0 Å². The molecule has 0 aliphatic carbocycles. The molecule has 1 heteroatoms. The van der Waals surface area contributed by atoms with E-state index in [1.165, 1.54) is 38.5 Å². The third kappa shape index (κ3) is 9.04. The Bertz CT molecular complexity index is 72.1. The fraction of sp³-hybridized carbons (Fsp3) is 1.00. The molecule has 0 heterocycles. The van der Waals surface area contributed by atoms with Gasteiger partial charge in [-0.3, -0.25) is 0 Å².